The van der Waals surface area contributed by atoms with E-state index in [0.717, 1.165) is 11.0 Å². The van der Waals surface area contributed by atoms with Gasteiger partial charge in [0.25, 0.3) is 0 Å². The molecule has 0 unspecified atom stereocenters. The van der Waals surface area contributed by atoms with E-state index in [2.05, 4.69) is 4.98 Å². The average Bonchev–Trinajstić information content (AvgIpc) is 3.02. The Balaban J connectivity index is 0.00000256. The number of halogens is 2. The number of carbonyl (C=O) groups is 1. The third kappa shape index (κ3) is 4.52. The summed E-state index contributed by atoms with van der Waals surface area (Å²) >= 11 is 0. The first kappa shape index (κ1) is 21.1. The van der Waals surface area contributed by atoms with E-state index >= 15 is 0 Å². The van der Waals surface area contributed by atoms with Crippen molar-refractivity contribution in [3.8, 4) is 17.2 Å². The summed E-state index contributed by atoms with van der Waals surface area (Å²) in [5.41, 5.74) is 1.75. The second-order valence-electron chi connectivity index (χ2n) is 6.42. The average molecular weight is 429 g/mol. The highest BCUT2D eigenvalue weighted by atomic mass is 35.5. The molecule has 4 aromatic rings. The molecule has 0 aliphatic heterocycles. The van der Waals surface area contributed by atoms with Crippen LogP contribution in [0.2, 0.25) is 0 Å². The molecule has 3 aromatic carbocycles. The van der Waals surface area contributed by atoms with Crippen molar-refractivity contribution in [2.75, 3.05) is 0 Å². The van der Waals surface area contributed by atoms with E-state index in [9.17, 15) is 9.18 Å². The van der Waals surface area contributed by atoms with Crippen LogP contribution in [-0.4, -0.2) is 20.6 Å². The maximum absolute atomic E-state index is 13.3. The van der Waals surface area contributed by atoms with Crippen molar-refractivity contribution in [1.29, 1.82) is 0 Å². The van der Waals surface area contributed by atoms with Crippen molar-refractivity contribution in [2.24, 2.45) is 7.05 Å². The number of rotatable bonds is 6. The molecule has 0 saturated heterocycles. The molecule has 0 aliphatic carbocycles. The number of aryl methyl sites for hydroxylation is 1. The van der Waals surface area contributed by atoms with Gasteiger partial charge in [0, 0.05) is 19.2 Å². The van der Waals surface area contributed by atoms with Crippen molar-refractivity contribution in [3.05, 3.63) is 83.9 Å². The Hall–Kier alpha value is -3.58. The second-order valence-corrected chi connectivity index (χ2v) is 6.42. The van der Waals surface area contributed by atoms with Crippen molar-refractivity contribution in [1.82, 2.24) is 9.55 Å². The second kappa shape index (κ2) is 8.84. The smallest absolute Gasteiger partial charge is 0.335 e. The molecule has 6 nitrogen and oxygen atoms in total. The number of aromatic nitrogens is 2. The van der Waals surface area contributed by atoms with Crippen LogP contribution in [0.25, 0.3) is 11.0 Å². The predicted octanol–water partition coefficient (Wildman–Crippen LogP) is 5.20. The highest BCUT2D eigenvalue weighted by Gasteiger charge is 2.11. The summed E-state index contributed by atoms with van der Waals surface area (Å²) in [6.07, 6.45) is 0. The Kier molecular flexibility index (Phi) is 6.23. The van der Waals surface area contributed by atoms with E-state index in [1.165, 1.54) is 24.3 Å². The van der Waals surface area contributed by atoms with Gasteiger partial charge < -0.3 is 19.1 Å². The van der Waals surface area contributed by atoms with Crippen LogP contribution in [-0.2, 0) is 13.7 Å². The predicted molar refractivity (Wildman–Crippen MR) is 112 cm³/mol. The minimum absolute atomic E-state index is 0. The lowest BCUT2D eigenvalue weighted by Crippen LogP contribution is -2.04. The summed E-state index contributed by atoms with van der Waals surface area (Å²) in [6.45, 7) is 0.175. The number of hydrogen-bond donors (Lipinski definition) is 1. The number of fused-ring (bicyclic) bond motifs is 1. The molecule has 1 heterocycles. The molecule has 0 bridgehead atoms. The molecule has 0 aliphatic rings. The van der Waals surface area contributed by atoms with Gasteiger partial charge in [0.1, 0.15) is 35.5 Å². The fraction of sp³-hybridized carbons (Fsp3) is 0.0909. The third-order valence-corrected chi connectivity index (χ3v) is 4.43. The SMILES string of the molecule is Cl.Cn1c(COc2cccc(C(=O)O)c2)nc2ccc(Oc3cccc(F)c3)cc21. The van der Waals surface area contributed by atoms with Crippen molar-refractivity contribution < 1.29 is 23.8 Å². The van der Waals surface area contributed by atoms with Crippen LogP contribution in [0, 0.1) is 5.82 Å². The molecule has 1 N–H and O–H groups in total. The van der Waals surface area contributed by atoms with Gasteiger partial charge >= 0.3 is 5.97 Å². The van der Waals surface area contributed by atoms with Gasteiger partial charge in [-0.25, -0.2) is 14.2 Å². The number of carboxylic acid groups (broad SMARTS) is 1. The van der Waals surface area contributed by atoms with Crippen molar-refractivity contribution in [3.63, 3.8) is 0 Å². The third-order valence-electron chi connectivity index (χ3n) is 4.43. The van der Waals surface area contributed by atoms with Crippen LogP contribution in [0.4, 0.5) is 4.39 Å². The Labute approximate surface area is 177 Å². The van der Waals surface area contributed by atoms with Gasteiger partial charge in [-0.05, 0) is 42.5 Å². The number of carboxylic acids is 1. The highest BCUT2D eigenvalue weighted by molar-refractivity contribution is 5.88. The molecule has 0 amide bonds. The largest absolute Gasteiger partial charge is 0.486 e. The molecule has 0 radical (unpaired) electrons. The first-order chi connectivity index (χ1) is 14.0. The molecule has 0 atom stereocenters. The van der Waals surface area contributed by atoms with Crippen molar-refractivity contribution >= 4 is 29.4 Å². The monoisotopic (exact) mass is 428 g/mol. The Bertz CT molecular complexity index is 1210. The van der Waals surface area contributed by atoms with E-state index in [4.69, 9.17) is 14.6 Å². The lowest BCUT2D eigenvalue weighted by molar-refractivity contribution is 0.0696. The van der Waals surface area contributed by atoms with Gasteiger partial charge in [0.2, 0.25) is 0 Å². The van der Waals surface area contributed by atoms with E-state index in [0.29, 0.717) is 23.1 Å². The zero-order chi connectivity index (χ0) is 20.4. The zero-order valence-corrected chi connectivity index (χ0v) is 16.7. The minimum Gasteiger partial charge on any atom is -0.486 e. The standard InChI is InChI=1S/C22H17FN2O4.ClH/c1-25-20-12-18(29-17-7-3-5-15(23)11-17)8-9-19(20)24-21(25)13-28-16-6-2-4-14(10-16)22(26)27;/h2-12H,13H2,1H3,(H,26,27);1H. The van der Waals surface area contributed by atoms with E-state index in [1.807, 2.05) is 23.7 Å². The van der Waals surface area contributed by atoms with Gasteiger partial charge in [0.05, 0.1) is 16.6 Å². The summed E-state index contributed by atoms with van der Waals surface area (Å²) in [5.74, 6) is 0.719. The van der Waals surface area contributed by atoms with E-state index in [1.54, 1.807) is 30.3 Å². The number of imidazole rings is 1. The molecule has 4 rings (SSSR count). The zero-order valence-electron chi connectivity index (χ0n) is 15.9. The summed E-state index contributed by atoms with van der Waals surface area (Å²) in [6, 6.07) is 17.6. The highest BCUT2D eigenvalue weighted by Crippen LogP contribution is 2.26. The first-order valence-corrected chi connectivity index (χ1v) is 8.84. The molecular weight excluding hydrogens is 411 g/mol. The molecule has 8 heteroatoms. The number of aromatic carboxylic acids is 1. The molecule has 154 valence electrons. The summed E-state index contributed by atoms with van der Waals surface area (Å²) in [7, 11) is 1.85. The lowest BCUT2D eigenvalue weighted by Gasteiger charge is -2.08. The summed E-state index contributed by atoms with van der Waals surface area (Å²) in [5, 5.41) is 9.08. The molecule has 0 saturated carbocycles. The maximum atomic E-state index is 13.3. The van der Waals surface area contributed by atoms with Crippen LogP contribution in [0.1, 0.15) is 16.2 Å². The first-order valence-electron chi connectivity index (χ1n) is 8.84. The number of nitrogens with zero attached hydrogens (tertiary/aromatic N) is 2. The van der Waals surface area contributed by atoms with Gasteiger partial charge in [-0.2, -0.15) is 0 Å². The minimum atomic E-state index is -1.01. The van der Waals surface area contributed by atoms with E-state index in [-0.39, 0.29) is 30.4 Å². The molecular formula is C22H18ClFN2O4. The molecule has 0 fully saturated rings. The fourth-order valence-corrected chi connectivity index (χ4v) is 2.95. The normalized spacial score (nSPS) is 10.5. The summed E-state index contributed by atoms with van der Waals surface area (Å²) in [4.78, 5) is 15.6. The maximum Gasteiger partial charge on any atom is 0.335 e. The van der Waals surface area contributed by atoms with Gasteiger partial charge in [-0.3, -0.25) is 0 Å². The molecule has 1 aromatic heterocycles. The van der Waals surface area contributed by atoms with Crippen LogP contribution in [0.15, 0.2) is 66.7 Å². The van der Waals surface area contributed by atoms with Gasteiger partial charge in [-0.1, -0.05) is 12.1 Å². The molecule has 0 spiro atoms. The quantitative estimate of drug-likeness (QED) is 0.456. The van der Waals surface area contributed by atoms with Crippen LogP contribution in [0.5, 0.6) is 17.2 Å². The fourth-order valence-electron chi connectivity index (χ4n) is 2.95. The van der Waals surface area contributed by atoms with Crippen LogP contribution >= 0.6 is 12.4 Å². The summed E-state index contributed by atoms with van der Waals surface area (Å²) < 4.78 is 26.7. The molecule has 30 heavy (non-hydrogen) atoms. The van der Waals surface area contributed by atoms with Crippen LogP contribution < -0.4 is 9.47 Å². The lowest BCUT2D eigenvalue weighted by atomic mass is 10.2. The topological polar surface area (TPSA) is 73.6 Å². The van der Waals surface area contributed by atoms with Crippen molar-refractivity contribution in [2.45, 2.75) is 6.61 Å². The Morgan fingerprint density at radius 1 is 1.03 bits per heavy atom. The Morgan fingerprint density at radius 3 is 2.53 bits per heavy atom. The number of ether oxygens (including phenoxy) is 2. The number of hydrogen-bond acceptors (Lipinski definition) is 4. The number of benzene rings is 3. The van der Waals surface area contributed by atoms with Crippen LogP contribution in [0.3, 0.4) is 0 Å². The van der Waals surface area contributed by atoms with E-state index < -0.39 is 5.97 Å². The Morgan fingerprint density at radius 2 is 1.77 bits per heavy atom. The van der Waals surface area contributed by atoms with Gasteiger partial charge in [-0.15, -0.1) is 12.4 Å². The van der Waals surface area contributed by atoms with Gasteiger partial charge in [0.15, 0.2) is 0 Å².